The van der Waals surface area contributed by atoms with Gasteiger partial charge in [-0.2, -0.15) is 0 Å². The highest BCUT2D eigenvalue weighted by molar-refractivity contribution is 5.94. The van der Waals surface area contributed by atoms with Crippen LogP contribution in [0.2, 0.25) is 0 Å². The molecule has 0 heterocycles. The van der Waals surface area contributed by atoms with Crippen molar-refractivity contribution in [1.29, 1.82) is 0 Å². The highest BCUT2D eigenvalue weighted by Gasteiger charge is 2.07. The zero-order valence-electron chi connectivity index (χ0n) is 10.1. The van der Waals surface area contributed by atoms with Crippen LogP contribution in [0, 0.1) is 0 Å². The first-order valence-electron chi connectivity index (χ1n) is 5.34. The number of rotatable bonds is 4. The van der Waals surface area contributed by atoms with Gasteiger partial charge in [-0.05, 0) is 24.3 Å². The van der Waals surface area contributed by atoms with E-state index in [0.717, 1.165) is 0 Å². The van der Waals surface area contributed by atoms with Crippen molar-refractivity contribution < 1.29 is 9.59 Å². The Bertz CT molecular complexity index is 399. The van der Waals surface area contributed by atoms with Crippen LogP contribution in [0.3, 0.4) is 0 Å². The Morgan fingerprint density at radius 2 is 1.82 bits per heavy atom. The highest BCUT2D eigenvalue weighted by Crippen LogP contribution is 2.04. The minimum absolute atomic E-state index is 0.0115. The molecule has 0 unspecified atom stereocenters. The van der Waals surface area contributed by atoms with Gasteiger partial charge in [-0.3, -0.25) is 9.59 Å². The van der Waals surface area contributed by atoms with Gasteiger partial charge in [-0.1, -0.05) is 0 Å². The number of hydrogen-bond acceptors (Lipinski definition) is 3. The summed E-state index contributed by atoms with van der Waals surface area (Å²) in [5.74, 6) is -0.209. The Morgan fingerprint density at radius 1 is 1.24 bits per heavy atom. The second-order valence-corrected chi connectivity index (χ2v) is 3.92. The van der Waals surface area contributed by atoms with E-state index in [1.165, 1.54) is 4.90 Å². The smallest absolute Gasteiger partial charge is 0.251 e. The van der Waals surface area contributed by atoms with Gasteiger partial charge in [0.1, 0.15) is 0 Å². The van der Waals surface area contributed by atoms with Gasteiger partial charge in [-0.25, -0.2) is 0 Å². The Balaban J connectivity index is 2.40. The monoisotopic (exact) mass is 235 g/mol. The predicted molar refractivity (Wildman–Crippen MR) is 66.5 cm³/mol. The van der Waals surface area contributed by atoms with E-state index < -0.39 is 0 Å². The fourth-order valence-corrected chi connectivity index (χ4v) is 1.24. The van der Waals surface area contributed by atoms with Crippen molar-refractivity contribution in [2.75, 3.05) is 26.4 Å². The van der Waals surface area contributed by atoms with E-state index >= 15 is 0 Å². The van der Waals surface area contributed by atoms with Gasteiger partial charge >= 0.3 is 0 Å². The van der Waals surface area contributed by atoms with Gasteiger partial charge in [0.2, 0.25) is 5.91 Å². The maximum atomic E-state index is 11.6. The number of hydrogen-bond donors (Lipinski definition) is 2. The lowest BCUT2D eigenvalue weighted by Crippen LogP contribution is -2.30. The molecule has 92 valence electrons. The van der Waals surface area contributed by atoms with E-state index in [-0.39, 0.29) is 11.8 Å². The standard InChI is InChI=1S/C12H17N3O2/c1-15(2)11(16)7-8-14-12(17)9-3-5-10(13)6-4-9/h3-6H,7-8,13H2,1-2H3,(H,14,17). The second kappa shape index (κ2) is 5.89. The summed E-state index contributed by atoms with van der Waals surface area (Å²) in [7, 11) is 3.37. The zero-order valence-corrected chi connectivity index (χ0v) is 10.1. The van der Waals surface area contributed by atoms with E-state index in [1.807, 2.05) is 0 Å². The normalized spacial score (nSPS) is 9.76. The zero-order chi connectivity index (χ0) is 12.8. The summed E-state index contributed by atoms with van der Waals surface area (Å²) >= 11 is 0. The predicted octanol–water partition coefficient (Wildman–Crippen LogP) is 0.477. The number of anilines is 1. The van der Waals surface area contributed by atoms with E-state index in [9.17, 15) is 9.59 Å². The van der Waals surface area contributed by atoms with Gasteiger partial charge in [0.05, 0.1) is 0 Å². The summed E-state index contributed by atoms with van der Waals surface area (Å²) in [6, 6.07) is 6.64. The van der Waals surface area contributed by atoms with Crippen LogP contribution in [0.4, 0.5) is 5.69 Å². The van der Waals surface area contributed by atoms with Crippen molar-refractivity contribution in [3.63, 3.8) is 0 Å². The fourth-order valence-electron chi connectivity index (χ4n) is 1.24. The molecule has 1 rings (SSSR count). The number of carbonyl (C=O) groups is 2. The first-order valence-corrected chi connectivity index (χ1v) is 5.34. The number of nitrogens with one attached hydrogen (secondary N) is 1. The molecular weight excluding hydrogens is 218 g/mol. The SMILES string of the molecule is CN(C)C(=O)CCNC(=O)c1ccc(N)cc1. The molecule has 2 amide bonds. The van der Waals surface area contributed by atoms with Crippen molar-refractivity contribution in [2.24, 2.45) is 0 Å². The van der Waals surface area contributed by atoms with Crippen molar-refractivity contribution >= 4 is 17.5 Å². The first kappa shape index (κ1) is 13.0. The molecule has 5 heteroatoms. The van der Waals surface area contributed by atoms with Gasteiger partial charge in [0, 0.05) is 38.3 Å². The topological polar surface area (TPSA) is 75.4 Å². The molecule has 0 atom stereocenters. The third-order valence-electron chi connectivity index (χ3n) is 2.30. The van der Waals surface area contributed by atoms with Gasteiger partial charge < -0.3 is 16.0 Å². The van der Waals surface area contributed by atoms with Crippen LogP contribution in [0.25, 0.3) is 0 Å². The molecule has 0 bridgehead atoms. The van der Waals surface area contributed by atoms with Gasteiger partial charge in [0.15, 0.2) is 0 Å². The van der Waals surface area contributed by atoms with E-state index in [0.29, 0.717) is 24.2 Å². The van der Waals surface area contributed by atoms with Crippen molar-refractivity contribution in [3.05, 3.63) is 29.8 Å². The maximum Gasteiger partial charge on any atom is 0.251 e. The Labute approximate surface area is 101 Å². The van der Waals surface area contributed by atoms with Crippen molar-refractivity contribution in [3.8, 4) is 0 Å². The van der Waals surface area contributed by atoms with Gasteiger partial charge in [-0.15, -0.1) is 0 Å². The number of benzene rings is 1. The lowest BCUT2D eigenvalue weighted by molar-refractivity contribution is -0.128. The van der Waals surface area contributed by atoms with Crippen molar-refractivity contribution in [1.82, 2.24) is 10.2 Å². The highest BCUT2D eigenvalue weighted by atomic mass is 16.2. The quantitative estimate of drug-likeness (QED) is 0.745. The minimum atomic E-state index is -0.198. The summed E-state index contributed by atoms with van der Waals surface area (Å²) in [5, 5.41) is 2.68. The van der Waals surface area contributed by atoms with Crippen LogP contribution < -0.4 is 11.1 Å². The van der Waals surface area contributed by atoms with Gasteiger partial charge in [0.25, 0.3) is 5.91 Å². The summed E-state index contributed by atoms with van der Waals surface area (Å²) in [4.78, 5) is 24.4. The summed E-state index contributed by atoms with van der Waals surface area (Å²) in [5.41, 5.74) is 6.67. The number of amides is 2. The molecule has 0 saturated heterocycles. The van der Waals surface area contributed by atoms with Crippen LogP contribution in [0.15, 0.2) is 24.3 Å². The molecule has 0 aromatic heterocycles. The molecule has 0 aliphatic carbocycles. The molecule has 0 aliphatic heterocycles. The number of nitrogen functional groups attached to an aromatic ring is 1. The van der Waals surface area contributed by atoms with E-state index in [2.05, 4.69) is 5.32 Å². The molecule has 5 nitrogen and oxygen atoms in total. The largest absolute Gasteiger partial charge is 0.399 e. The molecule has 3 N–H and O–H groups in total. The molecular formula is C12H17N3O2. The average molecular weight is 235 g/mol. The Morgan fingerprint density at radius 3 is 2.35 bits per heavy atom. The minimum Gasteiger partial charge on any atom is -0.399 e. The van der Waals surface area contributed by atoms with E-state index in [4.69, 9.17) is 5.73 Å². The van der Waals surface area contributed by atoms with Crippen molar-refractivity contribution in [2.45, 2.75) is 6.42 Å². The third kappa shape index (κ3) is 4.14. The lowest BCUT2D eigenvalue weighted by Gasteiger charge is -2.10. The summed E-state index contributed by atoms with van der Waals surface area (Å²) < 4.78 is 0. The number of carbonyl (C=O) groups excluding carboxylic acids is 2. The van der Waals surface area contributed by atoms with Crippen LogP contribution in [0.5, 0.6) is 0 Å². The van der Waals surface area contributed by atoms with E-state index in [1.54, 1.807) is 38.4 Å². The molecule has 0 spiro atoms. The molecule has 0 aliphatic rings. The fraction of sp³-hybridized carbons (Fsp3) is 0.333. The molecule has 0 radical (unpaired) electrons. The molecule has 1 aromatic carbocycles. The molecule has 1 aromatic rings. The lowest BCUT2D eigenvalue weighted by atomic mass is 10.2. The van der Waals surface area contributed by atoms with Crippen LogP contribution in [-0.2, 0) is 4.79 Å². The Hall–Kier alpha value is -2.04. The van der Waals surface area contributed by atoms with Crippen LogP contribution in [0.1, 0.15) is 16.8 Å². The molecule has 0 fully saturated rings. The second-order valence-electron chi connectivity index (χ2n) is 3.92. The number of nitrogens with two attached hydrogens (primary N) is 1. The van der Waals surface area contributed by atoms with Crippen LogP contribution in [-0.4, -0.2) is 37.4 Å². The summed E-state index contributed by atoms with van der Waals surface area (Å²) in [6.07, 6.45) is 0.299. The third-order valence-corrected chi connectivity index (χ3v) is 2.30. The Kier molecular flexibility index (Phi) is 4.51. The molecule has 17 heavy (non-hydrogen) atoms. The molecule has 0 saturated carbocycles. The first-order chi connectivity index (χ1) is 8.00. The summed E-state index contributed by atoms with van der Waals surface area (Å²) in [6.45, 7) is 0.334. The number of nitrogens with zero attached hydrogens (tertiary/aromatic N) is 1. The maximum absolute atomic E-state index is 11.6. The average Bonchev–Trinajstić information content (AvgIpc) is 2.29. The van der Waals surface area contributed by atoms with Crippen LogP contribution >= 0.6 is 0 Å².